The number of benzene rings is 1. The van der Waals surface area contributed by atoms with Crippen LogP contribution in [0.25, 0.3) is 0 Å². The van der Waals surface area contributed by atoms with Crippen LogP contribution in [0.2, 0.25) is 0 Å². The zero-order valence-electron chi connectivity index (χ0n) is 12.3. The van der Waals surface area contributed by atoms with Gasteiger partial charge in [0.05, 0.1) is 10.6 Å². The van der Waals surface area contributed by atoms with Crippen molar-refractivity contribution in [2.24, 2.45) is 5.73 Å². The second-order valence-electron chi connectivity index (χ2n) is 4.98. The lowest BCUT2D eigenvalue weighted by molar-refractivity contribution is 0.247. The lowest BCUT2D eigenvalue weighted by Gasteiger charge is -2.24. The highest BCUT2D eigenvalue weighted by molar-refractivity contribution is 7.91. The van der Waals surface area contributed by atoms with Crippen molar-refractivity contribution in [2.75, 3.05) is 18.8 Å². The van der Waals surface area contributed by atoms with Crippen LogP contribution >= 0.6 is 0 Å². The minimum Gasteiger partial charge on any atom is -0.384 e. The summed E-state index contributed by atoms with van der Waals surface area (Å²) in [6.45, 7) is 7.48. The van der Waals surface area contributed by atoms with Crippen molar-refractivity contribution >= 4 is 15.7 Å². The number of nitrogens with zero attached hydrogens (tertiary/aromatic N) is 1. The van der Waals surface area contributed by atoms with Gasteiger partial charge in [0.2, 0.25) is 0 Å². The number of nitrogens with one attached hydrogen (secondary N) is 1. The number of hydrogen-bond acceptors (Lipinski definition) is 4. The van der Waals surface area contributed by atoms with Crippen molar-refractivity contribution in [3.05, 3.63) is 29.8 Å². The molecule has 6 heteroatoms. The first-order chi connectivity index (χ1) is 9.27. The molecule has 3 N–H and O–H groups in total. The molecule has 0 spiro atoms. The normalized spacial score (nSPS) is 12.1. The Morgan fingerprint density at radius 1 is 1.30 bits per heavy atom. The summed E-state index contributed by atoms with van der Waals surface area (Å²) in [6, 6.07) is 6.48. The van der Waals surface area contributed by atoms with Crippen LogP contribution in [0.4, 0.5) is 0 Å². The average Bonchev–Trinajstić information content (AvgIpc) is 2.39. The summed E-state index contributed by atoms with van der Waals surface area (Å²) in [4.78, 5) is 2.39. The number of nitrogens with two attached hydrogens (primary N) is 1. The predicted octanol–water partition coefficient (Wildman–Crippen LogP) is 1.47. The van der Waals surface area contributed by atoms with Gasteiger partial charge in [0.15, 0.2) is 9.84 Å². The molecule has 0 heterocycles. The van der Waals surface area contributed by atoms with Crippen molar-refractivity contribution < 1.29 is 8.42 Å². The Kier molecular flexibility index (Phi) is 5.71. The molecule has 1 aromatic carbocycles. The van der Waals surface area contributed by atoms with E-state index in [-0.39, 0.29) is 16.5 Å². The summed E-state index contributed by atoms with van der Waals surface area (Å²) >= 11 is 0. The maximum atomic E-state index is 12.2. The zero-order valence-corrected chi connectivity index (χ0v) is 13.1. The molecule has 0 aliphatic heterocycles. The van der Waals surface area contributed by atoms with Gasteiger partial charge >= 0.3 is 0 Å². The Morgan fingerprint density at radius 3 is 2.25 bits per heavy atom. The molecule has 0 bridgehead atoms. The van der Waals surface area contributed by atoms with E-state index in [0.29, 0.717) is 18.2 Å². The minimum atomic E-state index is -3.29. The van der Waals surface area contributed by atoms with Gasteiger partial charge in [-0.3, -0.25) is 5.41 Å². The maximum Gasteiger partial charge on any atom is 0.179 e. The number of sulfone groups is 1. The van der Waals surface area contributed by atoms with E-state index in [2.05, 4.69) is 18.7 Å². The number of amidine groups is 1. The fourth-order valence-electron chi connectivity index (χ4n) is 1.98. The molecule has 0 radical (unpaired) electrons. The van der Waals surface area contributed by atoms with Crippen molar-refractivity contribution in [2.45, 2.75) is 31.7 Å². The SMILES string of the molecule is CCN(CCS(=O)(=O)c1ccc(C(=N)N)cc1)C(C)C. The van der Waals surface area contributed by atoms with E-state index in [1.165, 1.54) is 12.1 Å². The molecule has 20 heavy (non-hydrogen) atoms. The summed E-state index contributed by atoms with van der Waals surface area (Å²) in [5.41, 5.74) is 5.88. The van der Waals surface area contributed by atoms with Crippen LogP contribution in [-0.4, -0.2) is 44.0 Å². The quantitative estimate of drug-likeness (QED) is 0.589. The Balaban J connectivity index is 2.81. The molecule has 0 atom stereocenters. The van der Waals surface area contributed by atoms with E-state index in [9.17, 15) is 8.42 Å². The molecule has 1 aromatic rings. The highest BCUT2D eigenvalue weighted by Crippen LogP contribution is 2.13. The predicted molar refractivity (Wildman–Crippen MR) is 81.9 cm³/mol. The van der Waals surface area contributed by atoms with E-state index >= 15 is 0 Å². The first kappa shape index (κ1) is 16.7. The first-order valence-electron chi connectivity index (χ1n) is 6.69. The summed E-state index contributed by atoms with van der Waals surface area (Å²) in [5, 5.41) is 7.29. The Labute approximate surface area is 121 Å². The van der Waals surface area contributed by atoms with Crippen LogP contribution in [0.5, 0.6) is 0 Å². The topological polar surface area (TPSA) is 87.2 Å². The summed E-state index contributed by atoms with van der Waals surface area (Å²) < 4.78 is 24.5. The number of rotatable bonds is 7. The van der Waals surface area contributed by atoms with Gasteiger partial charge in [0.25, 0.3) is 0 Å². The fraction of sp³-hybridized carbons (Fsp3) is 0.500. The number of nitrogen functional groups attached to an aromatic ring is 1. The fourth-order valence-corrected chi connectivity index (χ4v) is 3.24. The molecule has 1 rings (SSSR count). The zero-order chi connectivity index (χ0) is 15.3. The molecule has 0 aliphatic rings. The van der Waals surface area contributed by atoms with Crippen molar-refractivity contribution in [1.82, 2.24) is 4.90 Å². The van der Waals surface area contributed by atoms with Gasteiger partial charge < -0.3 is 10.6 Å². The van der Waals surface area contributed by atoms with Crippen molar-refractivity contribution in [3.63, 3.8) is 0 Å². The monoisotopic (exact) mass is 297 g/mol. The molecular formula is C14H23N3O2S. The Hall–Kier alpha value is -1.40. The van der Waals surface area contributed by atoms with Crippen LogP contribution in [0, 0.1) is 5.41 Å². The molecule has 0 amide bonds. The van der Waals surface area contributed by atoms with Crippen molar-refractivity contribution in [3.8, 4) is 0 Å². The van der Waals surface area contributed by atoms with Crippen LogP contribution < -0.4 is 5.73 Å². The highest BCUT2D eigenvalue weighted by Gasteiger charge is 2.17. The second-order valence-corrected chi connectivity index (χ2v) is 7.09. The third-order valence-electron chi connectivity index (χ3n) is 3.31. The van der Waals surface area contributed by atoms with E-state index in [1.807, 2.05) is 6.92 Å². The van der Waals surface area contributed by atoms with E-state index in [4.69, 9.17) is 11.1 Å². The van der Waals surface area contributed by atoms with E-state index in [1.54, 1.807) is 12.1 Å². The van der Waals surface area contributed by atoms with Crippen LogP contribution in [0.3, 0.4) is 0 Å². The standard InChI is InChI=1S/C14H23N3O2S/c1-4-17(11(2)3)9-10-20(18,19)13-7-5-12(6-8-13)14(15)16/h5-8,11H,4,9-10H2,1-3H3,(H3,15,16). The smallest absolute Gasteiger partial charge is 0.179 e. The van der Waals surface area contributed by atoms with Gasteiger partial charge in [-0.1, -0.05) is 19.1 Å². The molecule has 0 unspecified atom stereocenters. The molecule has 0 aromatic heterocycles. The van der Waals surface area contributed by atoms with Crippen LogP contribution in [-0.2, 0) is 9.84 Å². The molecule has 0 fully saturated rings. The lowest BCUT2D eigenvalue weighted by atomic mass is 10.2. The third kappa shape index (κ3) is 4.31. The van der Waals surface area contributed by atoms with Crippen LogP contribution in [0.1, 0.15) is 26.3 Å². The Bertz CT molecular complexity index is 550. The molecule has 0 saturated carbocycles. The van der Waals surface area contributed by atoms with Gasteiger partial charge in [-0.2, -0.15) is 0 Å². The number of hydrogen-bond donors (Lipinski definition) is 2. The van der Waals surface area contributed by atoms with Crippen molar-refractivity contribution in [1.29, 1.82) is 5.41 Å². The average molecular weight is 297 g/mol. The lowest BCUT2D eigenvalue weighted by Crippen LogP contribution is -2.34. The first-order valence-corrected chi connectivity index (χ1v) is 8.34. The Morgan fingerprint density at radius 2 is 1.85 bits per heavy atom. The minimum absolute atomic E-state index is 0.0640. The molecule has 5 nitrogen and oxygen atoms in total. The van der Waals surface area contributed by atoms with Gasteiger partial charge in [-0.15, -0.1) is 0 Å². The molecule has 0 aliphatic carbocycles. The van der Waals surface area contributed by atoms with E-state index < -0.39 is 9.84 Å². The largest absolute Gasteiger partial charge is 0.384 e. The summed E-state index contributed by atoms with van der Waals surface area (Å²) in [5.74, 6) is 0.0317. The highest BCUT2D eigenvalue weighted by atomic mass is 32.2. The second kappa shape index (κ2) is 6.85. The maximum absolute atomic E-state index is 12.2. The van der Waals surface area contributed by atoms with Gasteiger partial charge in [0.1, 0.15) is 5.84 Å². The molecule has 112 valence electrons. The summed E-state index contributed by atoms with van der Waals surface area (Å²) in [7, 11) is -3.29. The van der Waals surface area contributed by atoms with Crippen LogP contribution in [0.15, 0.2) is 29.2 Å². The van der Waals surface area contributed by atoms with Gasteiger partial charge in [0, 0.05) is 18.2 Å². The summed E-state index contributed by atoms with van der Waals surface area (Å²) in [6.07, 6.45) is 0. The van der Waals surface area contributed by atoms with Gasteiger partial charge in [-0.25, -0.2) is 8.42 Å². The molecule has 0 saturated heterocycles. The van der Waals surface area contributed by atoms with E-state index in [0.717, 1.165) is 6.54 Å². The third-order valence-corrected chi connectivity index (χ3v) is 5.02. The van der Waals surface area contributed by atoms with Gasteiger partial charge in [-0.05, 0) is 32.5 Å². The molecular weight excluding hydrogens is 274 g/mol.